The van der Waals surface area contributed by atoms with Crippen molar-refractivity contribution < 1.29 is 13.6 Å². The van der Waals surface area contributed by atoms with Crippen LogP contribution in [0.15, 0.2) is 18.2 Å². The predicted octanol–water partition coefficient (Wildman–Crippen LogP) is 2.05. The van der Waals surface area contributed by atoms with E-state index < -0.39 is 11.6 Å². The van der Waals surface area contributed by atoms with Gasteiger partial charge in [0.25, 0.3) is 0 Å². The maximum absolute atomic E-state index is 13.4. The molecule has 0 spiro atoms. The number of anilines is 1. The number of amides is 1. The van der Waals surface area contributed by atoms with E-state index >= 15 is 0 Å². The molecule has 2 aliphatic rings. The number of hydrogen-bond donors (Lipinski definition) is 2. The molecule has 0 saturated carbocycles. The van der Waals surface area contributed by atoms with Crippen LogP contribution < -0.4 is 10.6 Å². The van der Waals surface area contributed by atoms with E-state index in [0.717, 1.165) is 51.4 Å². The number of likely N-dealkylation sites (tertiary alicyclic amines) is 1. The first-order valence-electron chi connectivity index (χ1n) is 9.43. The number of hydrogen-bond acceptors (Lipinski definition) is 4. The van der Waals surface area contributed by atoms with Crippen LogP contribution >= 0.6 is 0 Å². The summed E-state index contributed by atoms with van der Waals surface area (Å²) in [6.45, 7) is 3.80. The van der Waals surface area contributed by atoms with Gasteiger partial charge in [-0.2, -0.15) is 0 Å². The Balaban J connectivity index is 1.52. The molecular formula is C19H28F2N4O. The summed E-state index contributed by atoms with van der Waals surface area (Å²) in [4.78, 5) is 16.7. The fourth-order valence-electron chi connectivity index (χ4n) is 3.83. The van der Waals surface area contributed by atoms with Gasteiger partial charge in [0.1, 0.15) is 0 Å². The van der Waals surface area contributed by atoms with Crippen molar-refractivity contribution >= 4 is 11.6 Å². The van der Waals surface area contributed by atoms with Crippen LogP contribution in [-0.2, 0) is 4.79 Å². The third-order valence-corrected chi connectivity index (χ3v) is 5.38. The lowest BCUT2D eigenvalue weighted by atomic mass is 10.0. The quantitative estimate of drug-likeness (QED) is 0.837. The topological polar surface area (TPSA) is 47.6 Å². The van der Waals surface area contributed by atoms with Crippen molar-refractivity contribution in [2.24, 2.45) is 0 Å². The van der Waals surface area contributed by atoms with Gasteiger partial charge in [0, 0.05) is 36.9 Å². The van der Waals surface area contributed by atoms with Gasteiger partial charge in [-0.1, -0.05) is 0 Å². The molecule has 144 valence electrons. The van der Waals surface area contributed by atoms with Crippen LogP contribution in [0.5, 0.6) is 0 Å². The molecule has 0 aliphatic carbocycles. The lowest BCUT2D eigenvalue weighted by Gasteiger charge is -2.36. The Morgan fingerprint density at radius 3 is 2.77 bits per heavy atom. The van der Waals surface area contributed by atoms with Gasteiger partial charge in [-0.15, -0.1) is 0 Å². The predicted molar refractivity (Wildman–Crippen MR) is 98.1 cm³/mol. The number of halogens is 2. The largest absolute Gasteiger partial charge is 0.380 e. The lowest BCUT2D eigenvalue weighted by Crippen LogP contribution is -2.50. The van der Waals surface area contributed by atoms with Gasteiger partial charge in [-0.3, -0.25) is 9.69 Å². The number of nitrogens with zero attached hydrogens (tertiary/aromatic N) is 2. The fourth-order valence-corrected chi connectivity index (χ4v) is 3.83. The van der Waals surface area contributed by atoms with Gasteiger partial charge in [-0.05, 0) is 58.0 Å². The molecule has 1 aromatic rings. The highest BCUT2D eigenvalue weighted by atomic mass is 19.2. The van der Waals surface area contributed by atoms with Crippen molar-refractivity contribution in [3.8, 4) is 0 Å². The minimum atomic E-state index is -0.859. The van der Waals surface area contributed by atoms with E-state index in [1.54, 1.807) is 0 Å². The summed E-state index contributed by atoms with van der Waals surface area (Å²) < 4.78 is 26.4. The van der Waals surface area contributed by atoms with E-state index in [0.29, 0.717) is 24.8 Å². The van der Waals surface area contributed by atoms with E-state index in [2.05, 4.69) is 15.5 Å². The molecule has 3 rings (SSSR count). The van der Waals surface area contributed by atoms with Gasteiger partial charge in [-0.25, -0.2) is 8.78 Å². The second-order valence-electron chi connectivity index (χ2n) is 7.35. The third kappa shape index (κ3) is 4.92. The number of carbonyl (C=O) groups is 1. The van der Waals surface area contributed by atoms with Crippen molar-refractivity contribution in [2.45, 2.75) is 37.8 Å². The summed E-state index contributed by atoms with van der Waals surface area (Å²) in [7, 11) is 2.02. The number of likely N-dealkylation sites (N-methyl/N-ethyl adjacent to an activating group) is 1. The van der Waals surface area contributed by atoms with Gasteiger partial charge in [0.05, 0.1) is 6.54 Å². The molecule has 1 amide bonds. The molecule has 2 saturated heterocycles. The zero-order valence-electron chi connectivity index (χ0n) is 15.3. The van der Waals surface area contributed by atoms with Gasteiger partial charge < -0.3 is 15.5 Å². The summed E-state index contributed by atoms with van der Waals surface area (Å²) >= 11 is 0. The van der Waals surface area contributed by atoms with E-state index in [1.807, 2.05) is 11.9 Å². The maximum Gasteiger partial charge on any atom is 0.236 e. The Morgan fingerprint density at radius 2 is 2.04 bits per heavy atom. The molecule has 1 atom stereocenters. The first-order valence-corrected chi connectivity index (χ1v) is 9.43. The highest BCUT2D eigenvalue weighted by Gasteiger charge is 2.26. The normalized spacial score (nSPS) is 21.8. The summed E-state index contributed by atoms with van der Waals surface area (Å²) in [5.74, 6) is -1.57. The average molecular weight is 366 g/mol. The maximum atomic E-state index is 13.4. The summed E-state index contributed by atoms with van der Waals surface area (Å²) in [5.41, 5.74) is 0.551. The smallest absolute Gasteiger partial charge is 0.236 e. The summed E-state index contributed by atoms with van der Waals surface area (Å²) in [5, 5.41) is 6.57. The number of piperidine rings is 2. The average Bonchev–Trinajstić information content (AvgIpc) is 2.65. The number of benzene rings is 1. The summed E-state index contributed by atoms with van der Waals surface area (Å²) in [6.07, 6.45) is 3.96. The van der Waals surface area contributed by atoms with Crippen LogP contribution in [-0.4, -0.2) is 67.6 Å². The van der Waals surface area contributed by atoms with Gasteiger partial charge in [0.15, 0.2) is 11.6 Å². The van der Waals surface area contributed by atoms with Crippen molar-refractivity contribution in [3.05, 3.63) is 29.8 Å². The van der Waals surface area contributed by atoms with E-state index in [4.69, 9.17) is 0 Å². The fraction of sp³-hybridized carbons (Fsp3) is 0.632. The second kappa shape index (κ2) is 8.77. The van der Waals surface area contributed by atoms with Crippen LogP contribution in [0.3, 0.4) is 0 Å². The molecule has 26 heavy (non-hydrogen) atoms. The Kier molecular flexibility index (Phi) is 6.43. The van der Waals surface area contributed by atoms with Crippen LogP contribution in [0.4, 0.5) is 14.5 Å². The molecule has 2 aliphatic heterocycles. The van der Waals surface area contributed by atoms with Crippen molar-refractivity contribution in [3.63, 3.8) is 0 Å². The second-order valence-corrected chi connectivity index (χ2v) is 7.35. The minimum absolute atomic E-state index is 0.0572. The van der Waals surface area contributed by atoms with E-state index in [1.165, 1.54) is 12.1 Å². The monoisotopic (exact) mass is 366 g/mol. The molecule has 2 fully saturated rings. The zero-order chi connectivity index (χ0) is 18.5. The molecule has 0 radical (unpaired) electrons. The highest BCUT2D eigenvalue weighted by Crippen LogP contribution is 2.19. The molecule has 0 bridgehead atoms. The van der Waals surface area contributed by atoms with E-state index in [-0.39, 0.29) is 11.9 Å². The van der Waals surface area contributed by atoms with Crippen molar-refractivity contribution in [1.82, 2.24) is 15.1 Å². The molecule has 1 aromatic carbocycles. The first-order chi connectivity index (χ1) is 12.5. The van der Waals surface area contributed by atoms with Crippen LogP contribution in [0.2, 0.25) is 0 Å². The Hall–Kier alpha value is -1.73. The molecule has 0 unspecified atom stereocenters. The summed E-state index contributed by atoms with van der Waals surface area (Å²) in [6, 6.07) is 4.34. The number of carbonyl (C=O) groups excluding carboxylic acids is 1. The minimum Gasteiger partial charge on any atom is -0.380 e. The molecule has 2 heterocycles. The lowest BCUT2D eigenvalue weighted by molar-refractivity contribution is -0.133. The van der Waals surface area contributed by atoms with Crippen LogP contribution in [0.1, 0.15) is 25.7 Å². The zero-order valence-corrected chi connectivity index (χ0v) is 15.3. The molecule has 7 heteroatoms. The molecule has 5 nitrogen and oxygen atoms in total. The Labute approximate surface area is 153 Å². The standard InChI is InChI=1S/C19H28F2N4O/c1-24(16-6-8-22-9-7-16)13-19(26)25-10-2-3-15(12-25)23-14-4-5-17(20)18(21)11-14/h4-5,11,15-16,22-23H,2-3,6-10,12-13H2,1H3/t15-/m0/s1. The Morgan fingerprint density at radius 1 is 1.27 bits per heavy atom. The first kappa shape index (κ1) is 19.0. The van der Waals surface area contributed by atoms with Gasteiger partial charge in [0.2, 0.25) is 5.91 Å². The van der Waals surface area contributed by atoms with E-state index in [9.17, 15) is 13.6 Å². The van der Waals surface area contributed by atoms with Gasteiger partial charge >= 0.3 is 0 Å². The van der Waals surface area contributed by atoms with Crippen LogP contribution in [0, 0.1) is 11.6 Å². The molecule has 2 N–H and O–H groups in total. The Bertz CT molecular complexity index is 622. The van der Waals surface area contributed by atoms with Crippen molar-refractivity contribution in [2.75, 3.05) is 45.1 Å². The number of rotatable bonds is 5. The molecule has 0 aromatic heterocycles. The highest BCUT2D eigenvalue weighted by molar-refractivity contribution is 5.78. The third-order valence-electron chi connectivity index (χ3n) is 5.38. The van der Waals surface area contributed by atoms with Crippen molar-refractivity contribution in [1.29, 1.82) is 0 Å². The SMILES string of the molecule is CN(CC(=O)N1CCC[C@H](Nc2ccc(F)c(F)c2)C1)C1CCNCC1. The van der Waals surface area contributed by atoms with Crippen LogP contribution in [0.25, 0.3) is 0 Å². The molecular weight excluding hydrogens is 338 g/mol. The number of nitrogens with one attached hydrogen (secondary N) is 2.